The predicted octanol–water partition coefficient (Wildman–Crippen LogP) is 4.50. The molecule has 2 aliphatic carbocycles. The van der Waals surface area contributed by atoms with Crippen LogP contribution in [0.2, 0.25) is 0 Å². The fraction of sp³-hybridized carbons (Fsp3) is 0.824. The van der Waals surface area contributed by atoms with Crippen LogP contribution in [-0.4, -0.2) is 11.5 Å². The minimum atomic E-state index is 0.512. The normalized spacial score (nSPS) is 28.1. The lowest BCUT2D eigenvalue weighted by molar-refractivity contribution is 0.225. The van der Waals surface area contributed by atoms with E-state index in [-0.39, 0.29) is 0 Å². The van der Waals surface area contributed by atoms with E-state index in [0.717, 1.165) is 18.4 Å². The van der Waals surface area contributed by atoms with Crippen LogP contribution in [-0.2, 0) is 12.8 Å². The Labute approximate surface area is 127 Å². The van der Waals surface area contributed by atoms with Gasteiger partial charge in [0.05, 0.1) is 11.7 Å². The van der Waals surface area contributed by atoms with Crippen molar-refractivity contribution in [2.24, 2.45) is 11.8 Å². The van der Waals surface area contributed by atoms with Crippen LogP contribution >= 0.6 is 11.3 Å². The molecule has 2 aliphatic rings. The summed E-state index contributed by atoms with van der Waals surface area (Å²) in [6, 6.07) is 0.512. The molecule has 1 fully saturated rings. The fourth-order valence-electron chi connectivity index (χ4n) is 3.96. The van der Waals surface area contributed by atoms with Crippen molar-refractivity contribution in [2.45, 2.75) is 71.3 Å². The van der Waals surface area contributed by atoms with Crippen molar-refractivity contribution in [3.63, 3.8) is 0 Å². The van der Waals surface area contributed by atoms with Crippen LogP contribution in [0.25, 0.3) is 0 Å². The zero-order chi connectivity index (χ0) is 13.9. The highest BCUT2D eigenvalue weighted by Gasteiger charge is 2.30. The SMILES string of the molecule is CCNC(c1nc2c(s1)CCCC2)C1CCCC(C)C1. The highest BCUT2D eigenvalue weighted by molar-refractivity contribution is 7.11. The van der Waals surface area contributed by atoms with Gasteiger partial charge in [0.1, 0.15) is 5.01 Å². The third-order valence-electron chi connectivity index (χ3n) is 5.00. The largest absolute Gasteiger partial charge is 0.308 e. The smallest absolute Gasteiger partial charge is 0.110 e. The molecule has 3 heteroatoms. The summed E-state index contributed by atoms with van der Waals surface area (Å²) >= 11 is 2.00. The monoisotopic (exact) mass is 292 g/mol. The maximum absolute atomic E-state index is 5.03. The lowest BCUT2D eigenvalue weighted by atomic mass is 9.78. The van der Waals surface area contributed by atoms with Gasteiger partial charge in [-0.05, 0) is 56.9 Å². The third kappa shape index (κ3) is 3.09. The number of rotatable bonds is 4. The van der Waals surface area contributed by atoms with Gasteiger partial charge in [0, 0.05) is 4.88 Å². The van der Waals surface area contributed by atoms with Gasteiger partial charge >= 0.3 is 0 Å². The second kappa shape index (κ2) is 6.57. The van der Waals surface area contributed by atoms with E-state index in [9.17, 15) is 0 Å². The maximum atomic E-state index is 5.03. The van der Waals surface area contributed by atoms with E-state index in [0.29, 0.717) is 6.04 Å². The van der Waals surface area contributed by atoms with Crippen LogP contribution < -0.4 is 5.32 Å². The van der Waals surface area contributed by atoms with Gasteiger partial charge in [-0.3, -0.25) is 0 Å². The molecular formula is C17H28N2S. The Hall–Kier alpha value is -0.410. The van der Waals surface area contributed by atoms with Gasteiger partial charge in [0.25, 0.3) is 0 Å². The van der Waals surface area contributed by atoms with E-state index < -0.39 is 0 Å². The summed E-state index contributed by atoms with van der Waals surface area (Å²) in [5.74, 6) is 1.69. The summed E-state index contributed by atoms with van der Waals surface area (Å²) in [4.78, 5) is 6.61. The number of nitrogens with one attached hydrogen (secondary N) is 1. The lowest BCUT2D eigenvalue weighted by Gasteiger charge is -2.32. The number of aryl methyl sites for hydroxylation is 2. The van der Waals surface area contributed by atoms with Crippen molar-refractivity contribution < 1.29 is 0 Å². The molecule has 0 radical (unpaired) electrons. The van der Waals surface area contributed by atoms with Crippen molar-refractivity contribution >= 4 is 11.3 Å². The molecular weight excluding hydrogens is 264 g/mol. The molecule has 112 valence electrons. The standard InChI is InChI=1S/C17H28N2S/c1-3-18-16(13-8-6-7-12(2)11-13)17-19-14-9-4-5-10-15(14)20-17/h12-13,16,18H,3-11H2,1-2H3. The van der Waals surface area contributed by atoms with Gasteiger partial charge in [-0.2, -0.15) is 0 Å². The van der Waals surface area contributed by atoms with E-state index in [1.807, 2.05) is 11.3 Å². The van der Waals surface area contributed by atoms with E-state index >= 15 is 0 Å². The topological polar surface area (TPSA) is 24.9 Å². The first kappa shape index (κ1) is 14.5. The molecule has 20 heavy (non-hydrogen) atoms. The number of fused-ring (bicyclic) bond motifs is 1. The van der Waals surface area contributed by atoms with Crippen molar-refractivity contribution in [2.75, 3.05) is 6.54 Å². The van der Waals surface area contributed by atoms with Gasteiger partial charge in [-0.1, -0.05) is 26.7 Å². The van der Waals surface area contributed by atoms with Gasteiger partial charge in [0.15, 0.2) is 0 Å². The maximum Gasteiger partial charge on any atom is 0.110 e. The highest BCUT2D eigenvalue weighted by Crippen LogP contribution is 2.39. The molecule has 1 aromatic heterocycles. The molecule has 0 aliphatic heterocycles. The molecule has 0 saturated heterocycles. The summed E-state index contributed by atoms with van der Waals surface area (Å²) in [5, 5.41) is 5.13. The molecule has 3 rings (SSSR count). The number of thiazole rings is 1. The second-order valence-corrected chi connectivity index (χ2v) is 7.81. The second-order valence-electron chi connectivity index (χ2n) is 6.70. The molecule has 1 N–H and O–H groups in total. The summed E-state index contributed by atoms with van der Waals surface area (Å²) in [7, 11) is 0. The molecule has 3 atom stereocenters. The van der Waals surface area contributed by atoms with E-state index in [1.54, 1.807) is 4.88 Å². The Morgan fingerprint density at radius 3 is 2.85 bits per heavy atom. The van der Waals surface area contributed by atoms with Crippen LogP contribution in [0.3, 0.4) is 0 Å². The minimum absolute atomic E-state index is 0.512. The van der Waals surface area contributed by atoms with Gasteiger partial charge in [-0.25, -0.2) is 4.98 Å². The molecule has 3 unspecified atom stereocenters. The number of aromatic nitrogens is 1. The summed E-state index contributed by atoms with van der Waals surface area (Å²) in [5.41, 5.74) is 1.42. The van der Waals surface area contributed by atoms with Crippen molar-refractivity contribution in [1.82, 2.24) is 10.3 Å². The van der Waals surface area contributed by atoms with E-state index in [1.165, 1.54) is 62.1 Å². The van der Waals surface area contributed by atoms with Gasteiger partial charge in [0.2, 0.25) is 0 Å². The molecule has 1 aromatic rings. The van der Waals surface area contributed by atoms with Crippen molar-refractivity contribution in [1.29, 1.82) is 0 Å². The average Bonchev–Trinajstić information content (AvgIpc) is 2.88. The first-order valence-corrected chi connectivity index (χ1v) is 9.31. The molecule has 0 bridgehead atoms. The highest BCUT2D eigenvalue weighted by atomic mass is 32.1. The minimum Gasteiger partial charge on any atom is -0.308 e. The first-order valence-electron chi connectivity index (χ1n) is 8.49. The predicted molar refractivity (Wildman–Crippen MR) is 86.3 cm³/mol. The van der Waals surface area contributed by atoms with Crippen LogP contribution in [0.4, 0.5) is 0 Å². The van der Waals surface area contributed by atoms with Crippen molar-refractivity contribution in [3.8, 4) is 0 Å². The first-order chi connectivity index (χ1) is 9.78. The fourth-order valence-corrected chi connectivity index (χ4v) is 5.29. The molecule has 0 spiro atoms. The van der Waals surface area contributed by atoms with Crippen molar-refractivity contribution in [3.05, 3.63) is 15.6 Å². The van der Waals surface area contributed by atoms with Gasteiger partial charge in [-0.15, -0.1) is 11.3 Å². The quantitative estimate of drug-likeness (QED) is 0.884. The Kier molecular flexibility index (Phi) is 4.77. The molecule has 0 aromatic carbocycles. The Balaban J connectivity index is 1.80. The Morgan fingerprint density at radius 1 is 1.25 bits per heavy atom. The number of nitrogens with zero attached hydrogens (tertiary/aromatic N) is 1. The summed E-state index contributed by atoms with van der Waals surface area (Å²) < 4.78 is 0. The zero-order valence-corrected chi connectivity index (χ0v) is 13.8. The van der Waals surface area contributed by atoms with Gasteiger partial charge < -0.3 is 5.32 Å². The van der Waals surface area contributed by atoms with Crippen LogP contribution in [0.1, 0.15) is 74.0 Å². The molecule has 1 heterocycles. The van der Waals surface area contributed by atoms with Crippen LogP contribution in [0.15, 0.2) is 0 Å². The Morgan fingerprint density at radius 2 is 2.10 bits per heavy atom. The number of hydrogen-bond acceptors (Lipinski definition) is 3. The van der Waals surface area contributed by atoms with E-state index in [4.69, 9.17) is 4.98 Å². The number of hydrogen-bond donors (Lipinski definition) is 1. The molecule has 0 amide bonds. The van der Waals surface area contributed by atoms with Crippen LogP contribution in [0.5, 0.6) is 0 Å². The zero-order valence-electron chi connectivity index (χ0n) is 13.0. The average molecular weight is 292 g/mol. The van der Waals surface area contributed by atoms with Crippen LogP contribution in [0, 0.1) is 11.8 Å². The van der Waals surface area contributed by atoms with E-state index in [2.05, 4.69) is 19.2 Å². The molecule has 2 nitrogen and oxygen atoms in total. The summed E-state index contributed by atoms with van der Waals surface area (Å²) in [6.45, 7) is 5.70. The summed E-state index contributed by atoms with van der Waals surface area (Å²) in [6.07, 6.45) is 10.8. The molecule has 1 saturated carbocycles. The Bertz CT molecular complexity index is 417. The third-order valence-corrected chi connectivity index (χ3v) is 6.24. The lowest BCUT2D eigenvalue weighted by Crippen LogP contribution is -2.31.